The number of benzene rings is 2. The Bertz CT molecular complexity index is 1290. The van der Waals surface area contributed by atoms with Crippen molar-refractivity contribution in [3.05, 3.63) is 75.9 Å². The summed E-state index contributed by atoms with van der Waals surface area (Å²) in [6.45, 7) is 2.14. The minimum absolute atomic E-state index is 0.207. The fourth-order valence-electron chi connectivity index (χ4n) is 3.70. The van der Waals surface area contributed by atoms with Crippen LogP contribution in [0.2, 0.25) is 0 Å². The third-order valence-corrected chi connectivity index (χ3v) is 6.44. The molecular formula is C25H25N3O4S. The van der Waals surface area contributed by atoms with E-state index in [1.807, 2.05) is 43.3 Å². The molecule has 0 atom stereocenters. The molecule has 0 aliphatic rings. The van der Waals surface area contributed by atoms with Gasteiger partial charge in [-0.15, -0.1) is 11.3 Å². The number of anilines is 1. The van der Waals surface area contributed by atoms with Gasteiger partial charge in [-0.3, -0.25) is 4.79 Å². The predicted molar refractivity (Wildman–Crippen MR) is 130 cm³/mol. The average Bonchev–Trinajstić information content (AvgIpc) is 3.16. The van der Waals surface area contributed by atoms with Crippen LogP contribution >= 0.6 is 11.3 Å². The van der Waals surface area contributed by atoms with Crippen molar-refractivity contribution in [1.82, 2.24) is 9.97 Å². The molecule has 0 aliphatic heterocycles. The highest BCUT2D eigenvalue weighted by atomic mass is 32.1. The number of nitrogens with zero attached hydrogens (tertiary/aromatic N) is 2. The van der Waals surface area contributed by atoms with Crippen LogP contribution in [-0.4, -0.2) is 37.2 Å². The van der Waals surface area contributed by atoms with E-state index in [0.717, 1.165) is 27.8 Å². The molecule has 4 aromatic rings. The van der Waals surface area contributed by atoms with Gasteiger partial charge in [0.15, 0.2) is 5.82 Å². The topological polar surface area (TPSA) is 82.6 Å². The van der Waals surface area contributed by atoms with Crippen LogP contribution in [-0.2, 0) is 17.8 Å². The van der Waals surface area contributed by atoms with Crippen LogP contribution in [0, 0.1) is 6.92 Å². The molecule has 33 heavy (non-hydrogen) atoms. The Labute approximate surface area is 196 Å². The normalized spacial score (nSPS) is 10.9. The number of aryl methyl sites for hydroxylation is 1. The molecule has 170 valence electrons. The van der Waals surface area contributed by atoms with Gasteiger partial charge in [0, 0.05) is 24.8 Å². The molecule has 0 radical (unpaired) electrons. The van der Waals surface area contributed by atoms with E-state index in [1.165, 1.54) is 11.3 Å². The lowest BCUT2D eigenvalue weighted by atomic mass is 10.0. The number of rotatable bonds is 8. The van der Waals surface area contributed by atoms with Gasteiger partial charge in [-0.05, 0) is 36.2 Å². The molecule has 0 saturated carbocycles. The second-order valence-electron chi connectivity index (χ2n) is 7.46. The number of carbonyl (C=O) groups excluding carboxylic acids is 1. The van der Waals surface area contributed by atoms with Gasteiger partial charge in [-0.25, -0.2) is 4.98 Å². The van der Waals surface area contributed by atoms with Gasteiger partial charge in [0.25, 0.3) is 5.91 Å². The number of fused-ring (bicyclic) bond motifs is 1. The summed E-state index contributed by atoms with van der Waals surface area (Å²) in [5.74, 6) is 1.52. The number of carbonyl (C=O) groups is 1. The summed E-state index contributed by atoms with van der Waals surface area (Å²) in [7, 11) is 4.79. The van der Waals surface area contributed by atoms with E-state index in [4.69, 9.17) is 14.2 Å². The van der Waals surface area contributed by atoms with Crippen LogP contribution in [0.15, 0.2) is 48.5 Å². The van der Waals surface area contributed by atoms with E-state index in [9.17, 15) is 4.79 Å². The first kappa shape index (κ1) is 22.7. The lowest BCUT2D eigenvalue weighted by Crippen LogP contribution is -2.11. The van der Waals surface area contributed by atoms with E-state index in [2.05, 4.69) is 27.4 Å². The summed E-state index contributed by atoms with van der Waals surface area (Å²) in [5, 5.41) is 3.76. The minimum atomic E-state index is -0.207. The number of hydrogen-bond acceptors (Lipinski definition) is 7. The molecule has 2 heterocycles. The summed E-state index contributed by atoms with van der Waals surface area (Å²) in [4.78, 5) is 23.4. The van der Waals surface area contributed by atoms with Crippen molar-refractivity contribution >= 4 is 33.1 Å². The number of ether oxygens (including phenoxy) is 3. The molecule has 0 fully saturated rings. The SMILES string of the molecule is COCc1nc(OC)c2c(C)c(C(=O)Nc3ccc(OC)c(Cc4ccccc4)c3)sc2n1. The van der Waals surface area contributed by atoms with Gasteiger partial charge in [0.05, 0.1) is 24.5 Å². The van der Waals surface area contributed by atoms with Crippen LogP contribution in [0.4, 0.5) is 5.69 Å². The van der Waals surface area contributed by atoms with Gasteiger partial charge >= 0.3 is 0 Å². The zero-order chi connectivity index (χ0) is 23.4. The Balaban J connectivity index is 1.64. The minimum Gasteiger partial charge on any atom is -0.496 e. The van der Waals surface area contributed by atoms with Crippen molar-refractivity contribution in [2.24, 2.45) is 0 Å². The molecule has 7 nitrogen and oxygen atoms in total. The van der Waals surface area contributed by atoms with Crippen molar-refractivity contribution in [2.45, 2.75) is 20.0 Å². The second kappa shape index (κ2) is 9.97. The van der Waals surface area contributed by atoms with Gasteiger partial charge in [0.1, 0.15) is 17.2 Å². The Morgan fingerprint density at radius 3 is 2.52 bits per heavy atom. The van der Waals surface area contributed by atoms with Crippen LogP contribution in [0.1, 0.15) is 32.2 Å². The highest BCUT2D eigenvalue weighted by molar-refractivity contribution is 7.20. The number of hydrogen-bond donors (Lipinski definition) is 1. The fourth-order valence-corrected chi connectivity index (χ4v) is 4.79. The van der Waals surface area contributed by atoms with E-state index < -0.39 is 0 Å². The van der Waals surface area contributed by atoms with Gasteiger partial charge in [0.2, 0.25) is 5.88 Å². The molecule has 0 spiro atoms. The molecule has 1 N–H and O–H groups in total. The molecule has 0 saturated heterocycles. The third kappa shape index (κ3) is 4.81. The van der Waals surface area contributed by atoms with Crippen molar-refractivity contribution in [3.8, 4) is 11.6 Å². The maximum absolute atomic E-state index is 13.2. The molecule has 2 aromatic carbocycles. The lowest BCUT2D eigenvalue weighted by molar-refractivity contribution is 0.103. The van der Waals surface area contributed by atoms with Gasteiger partial charge in [-0.1, -0.05) is 30.3 Å². The maximum atomic E-state index is 13.2. The average molecular weight is 464 g/mol. The standard InChI is InChI=1S/C25H25N3O4S/c1-15-21-24(32-4)27-20(14-30-2)28-25(21)33-22(15)23(29)26-18-10-11-19(31-3)17(13-18)12-16-8-6-5-7-9-16/h5-11,13H,12,14H2,1-4H3,(H,26,29). The van der Waals surface area contributed by atoms with E-state index >= 15 is 0 Å². The maximum Gasteiger partial charge on any atom is 0.266 e. The second-order valence-corrected chi connectivity index (χ2v) is 8.46. The molecule has 0 bridgehead atoms. The molecule has 0 aliphatic carbocycles. The van der Waals surface area contributed by atoms with Crippen LogP contribution in [0.3, 0.4) is 0 Å². The lowest BCUT2D eigenvalue weighted by Gasteiger charge is -2.12. The van der Waals surface area contributed by atoms with Gasteiger partial charge in [-0.2, -0.15) is 4.98 Å². The summed E-state index contributed by atoms with van der Waals surface area (Å²) < 4.78 is 16.1. The van der Waals surface area contributed by atoms with Gasteiger partial charge < -0.3 is 19.5 Å². The highest BCUT2D eigenvalue weighted by Crippen LogP contribution is 2.35. The Morgan fingerprint density at radius 2 is 1.82 bits per heavy atom. The first-order valence-corrected chi connectivity index (χ1v) is 11.2. The summed E-state index contributed by atoms with van der Waals surface area (Å²) in [6.07, 6.45) is 0.699. The summed E-state index contributed by atoms with van der Waals surface area (Å²) in [6, 6.07) is 15.8. The van der Waals surface area contributed by atoms with E-state index in [1.54, 1.807) is 21.3 Å². The summed E-state index contributed by atoms with van der Waals surface area (Å²) in [5.41, 5.74) is 3.64. The van der Waals surface area contributed by atoms with Crippen molar-refractivity contribution in [2.75, 3.05) is 26.6 Å². The Hall–Kier alpha value is -3.49. The number of methoxy groups -OCH3 is 3. The third-order valence-electron chi connectivity index (χ3n) is 5.25. The number of aromatic nitrogens is 2. The first-order valence-electron chi connectivity index (χ1n) is 10.4. The van der Waals surface area contributed by atoms with E-state index in [0.29, 0.717) is 33.5 Å². The monoisotopic (exact) mass is 463 g/mol. The zero-order valence-electron chi connectivity index (χ0n) is 19.0. The van der Waals surface area contributed by atoms with Crippen LogP contribution < -0.4 is 14.8 Å². The first-order chi connectivity index (χ1) is 16.0. The zero-order valence-corrected chi connectivity index (χ0v) is 19.8. The smallest absolute Gasteiger partial charge is 0.266 e. The Morgan fingerprint density at radius 1 is 1.03 bits per heavy atom. The highest BCUT2D eigenvalue weighted by Gasteiger charge is 2.21. The van der Waals surface area contributed by atoms with E-state index in [-0.39, 0.29) is 12.5 Å². The fraction of sp³-hybridized carbons (Fsp3) is 0.240. The number of amides is 1. The van der Waals surface area contributed by atoms with Crippen LogP contribution in [0.5, 0.6) is 11.6 Å². The molecule has 1 amide bonds. The molecule has 8 heteroatoms. The number of thiophene rings is 1. The molecule has 2 aromatic heterocycles. The quantitative estimate of drug-likeness (QED) is 0.396. The van der Waals surface area contributed by atoms with Crippen molar-refractivity contribution < 1.29 is 19.0 Å². The van der Waals surface area contributed by atoms with Crippen molar-refractivity contribution in [3.63, 3.8) is 0 Å². The molecule has 0 unspecified atom stereocenters. The summed E-state index contributed by atoms with van der Waals surface area (Å²) >= 11 is 1.31. The largest absolute Gasteiger partial charge is 0.496 e. The van der Waals surface area contributed by atoms with Crippen molar-refractivity contribution in [1.29, 1.82) is 0 Å². The Kier molecular flexibility index (Phi) is 6.86. The number of nitrogens with one attached hydrogen (secondary N) is 1. The molecular weight excluding hydrogens is 438 g/mol. The van der Waals surface area contributed by atoms with Crippen LogP contribution in [0.25, 0.3) is 10.2 Å². The molecule has 4 rings (SSSR count). The predicted octanol–water partition coefficient (Wildman–Crippen LogP) is 5.01.